The zero-order chi connectivity index (χ0) is 8.43. The Bertz CT molecular complexity index is 288. The molecule has 60 valence electrons. The van der Waals surface area contributed by atoms with E-state index in [1.165, 1.54) is 6.07 Å². The van der Waals surface area contributed by atoms with E-state index in [1.807, 2.05) is 0 Å². The van der Waals surface area contributed by atoms with E-state index in [0.29, 0.717) is 0 Å². The molecule has 12 heavy (non-hydrogen) atoms. The van der Waals surface area contributed by atoms with Crippen molar-refractivity contribution in [3.05, 3.63) is 28.5 Å². The molecule has 0 aliphatic heterocycles. The summed E-state index contributed by atoms with van der Waals surface area (Å²) < 4.78 is 0. The molecule has 1 N–H and O–H groups in total. The molecule has 0 amide bonds. The second-order valence-corrected chi connectivity index (χ2v) is 2.54. The third-order valence-electron chi connectivity index (χ3n) is 1.16. The minimum Gasteiger partial charge on any atom is -1.00 e. The maximum absolute atomic E-state index is 10.4. The van der Waals surface area contributed by atoms with Gasteiger partial charge in [-0.15, -0.1) is 0 Å². The Morgan fingerprint density at radius 3 is 2.67 bits per heavy atom. The second kappa shape index (κ2) is 5.31. The number of aromatic carboxylic acids is 1. The van der Waals surface area contributed by atoms with Crippen LogP contribution in [0, 0.1) is 6.92 Å². The van der Waals surface area contributed by atoms with E-state index in [2.05, 4.69) is 4.98 Å². The maximum atomic E-state index is 10.4. The first-order valence-corrected chi connectivity index (χ1v) is 3.35. The molecule has 0 aliphatic rings. The van der Waals surface area contributed by atoms with Gasteiger partial charge in [-0.25, -0.2) is 9.78 Å². The minimum atomic E-state index is -1.06. The maximum Gasteiger partial charge on any atom is 1.00 e. The standard InChI is InChI=1S/C7H6ClNO2.K.H/c1-4-2-5(7(10)11)9-6(8)3-4;;/h2-3H,1H3,(H,10,11);;/q;+1;-1. The molecule has 1 aromatic rings. The van der Waals surface area contributed by atoms with Crippen LogP contribution in [-0.4, -0.2) is 16.1 Å². The van der Waals surface area contributed by atoms with E-state index >= 15 is 0 Å². The van der Waals surface area contributed by atoms with E-state index in [9.17, 15) is 4.79 Å². The number of nitrogens with zero attached hydrogens (tertiary/aromatic N) is 1. The van der Waals surface area contributed by atoms with Gasteiger partial charge in [0.1, 0.15) is 10.8 Å². The fourth-order valence-corrected chi connectivity index (χ4v) is 0.998. The van der Waals surface area contributed by atoms with Gasteiger partial charge in [0.15, 0.2) is 0 Å². The van der Waals surface area contributed by atoms with Gasteiger partial charge in [0.25, 0.3) is 0 Å². The quantitative estimate of drug-likeness (QED) is 0.472. The molecule has 0 radical (unpaired) electrons. The van der Waals surface area contributed by atoms with Crippen molar-refractivity contribution in [1.29, 1.82) is 0 Å². The molecule has 1 heterocycles. The first-order chi connectivity index (χ1) is 5.09. The topological polar surface area (TPSA) is 50.2 Å². The van der Waals surface area contributed by atoms with Crippen LogP contribution in [0.2, 0.25) is 5.15 Å². The van der Waals surface area contributed by atoms with Gasteiger partial charge in [-0.2, -0.15) is 0 Å². The van der Waals surface area contributed by atoms with Crippen LogP contribution >= 0.6 is 11.6 Å². The van der Waals surface area contributed by atoms with Crippen molar-refractivity contribution < 1.29 is 62.7 Å². The van der Waals surface area contributed by atoms with Crippen LogP contribution in [0.25, 0.3) is 0 Å². The molecule has 5 heteroatoms. The Hall–Kier alpha value is 0.546. The number of pyridine rings is 1. The molecule has 0 spiro atoms. The molecule has 0 fully saturated rings. The van der Waals surface area contributed by atoms with Crippen molar-refractivity contribution in [2.45, 2.75) is 6.92 Å². The van der Waals surface area contributed by atoms with Gasteiger partial charge in [0, 0.05) is 0 Å². The third kappa shape index (κ3) is 3.51. The van der Waals surface area contributed by atoms with Gasteiger partial charge >= 0.3 is 57.4 Å². The van der Waals surface area contributed by atoms with Crippen LogP contribution in [0.1, 0.15) is 17.5 Å². The minimum absolute atomic E-state index is 0. The van der Waals surface area contributed by atoms with Crippen molar-refractivity contribution in [2.75, 3.05) is 0 Å². The van der Waals surface area contributed by atoms with Crippen molar-refractivity contribution in [3.63, 3.8) is 0 Å². The van der Waals surface area contributed by atoms with Gasteiger partial charge in [-0.1, -0.05) is 11.6 Å². The smallest absolute Gasteiger partial charge is 1.00 e. The first kappa shape index (κ1) is 12.5. The molecular formula is C7H7ClKNO2. The van der Waals surface area contributed by atoms with Gasteiger partial charge in [0.05, 0.1) is 0 Å². The Labute approximate surface area is 119 Å². The van der Waals surface area contributed by atoms with Crippen molar-refractivity contribution in [1.82, 2.24) is 4.98 Å². The fourth-order valence-electron chi connectivity index (χ4n) is 0.734. The molecule has 3 nitrogen and oxygen atoms in total. The molecule has 0 saturated carbocycles. The summed E-state index contributed by atoms with van der Waals surface area (Å²) in [6.07, 6.45) is 0. The van der Waals surface area contributed by atoms with Crippen LogP contribution in [-0.2, 0) is 0 Å². The van der Waals surface area contributed by atoms with Crippen LogP contribution in [0.15, 0.2) is 12.1 Å². The summed E-state index contributed by atoms with van der Waals surface area (Å²) in [5.74, 6) is -1.06. The van der Waals surface area contributed by atoms with E-state index in [1.54, 1.807) is 13.0 Å². The molecule has 0 bridgehead atoms. The molecule has 0 saturated heterocycles. The van der Waals surface area contributed by atoms with Crippen molar-refractivity contribution in [2.24, 2.45) is 0 Å². The summed E-state index contributed by atoms with van der Waals surface area (Å²) in [5.41, 5.74) is 0.775. The van der Waals surface area contributed by atoms with Crippen LogP contribution in [0.4, 0.5) is 0 Å². The number of carboxylic acids is 1. The Morgan fingerprint density at radius 2 is 2.25 bits per heavy atom. The van der Waals surface area contributed by atoms with Gasteiger partial charge in [-0.3, -0.25) is 0 Å². The second-order valence-electron chi connectivity index (χ2n) is 2.16. The van der Waals surface area contributed by atoms with Gasteiger partial charge < -0.3 is 6.53 Å². The number of rotatable bonds is 1. The number of halogens is 1. The Kier molecular flexibility index (Phi) is 5.56. The van der Waals surface area contributed by atoms with E-state index in [4.69, 9.17) is 16.7 Å². The van der Waals surface area contributed by atoms with E-state index in [-0.39, 0.29) is 63.7 Å². The average molecular weight is 212 g/mol. The zero-order valence-corrected chi connectivity index (χ0v) is 10.7. The van der Waals surface area contributed by atoms with Gasteiger partial charge in [-0.05, 0) is 24.6 Å². The summed E-state index contributed by atoms with van der Waals surface area (Å²) in [6.45, 7) is 1.76. The molecule has 0 aliphatic carbocycles. The molecule has 1 rings (SSSR count). The summed E-state index contributed by atoms with van der Waals surface area (Å²) in [7, 11) is 0. The Morgan fingerprint density at radius 1 is 1.67 bits per heavy atom. The van der Waals surface area contributed by atoms with Crippen molar-refractivity contribution in [3.8, 4) is 0 Å². The van der Waals surface area contributed by atoms with Crippen molar-refractivity contribution >= 4 is 17.6 Å². The largest absolute Gasteiger partial charge is 1.00 e. The number of hydrogen-bond acceptors (Lipinski definition) is 2. The average Bonchev–Trinajstić information content (AvgIpc) is 1.85. The predicted octanol–water partition coefficient (Wildman–Crippen LogP) is -1.14. The number of hydrogen-bond donors (Lipinski definition) is 1. The summed E-state index contributed by atoms with van der Waals surface area (Å²) in [4.78, 5) is 14.0. The van der Waals surface area contributed by atoms with E-state index < -0.39 is 5.97 Å². The van der Waals surface area contributed by atoms with Crippen LogP contribution in [0.3, 0.4) is 0 Å². The summed E-state index contributed by atoms with van der Waals surface area (Å²) in [5, 5.41) is 8.72. The molecule has 0 unspecified atom stereocenters. The van der Waals surface area contributed by atoms with Crippen LogP contribution in [0.5, 0.6) is 0 Å². The number of carboxylic acid groups (broad SMARTS) is 1. The fraction of sp³-hybridized carbons (Fsp3) is 0.143. The Balaban J connectivity index is 0. The number of aryl methyl sites for hydroxylation is 1. The van der Waals surface area contributed by atoms with Gasteiger partial charge in [0.2, 0.25) is 0 Å². The normalized spacial score (nSPS) is 8.83. The summed E-state index contributed by atoms with van der Waals surface area (Å²) >= 11 is 5.52. The first-order valence-electron chi connectivity index (χ1n) is 2.97. The number of aromatic nitrogens is 1. The zero-order valence-electron chi connectivity index (χ0n) is 7.84. The predicted molar refractivity (Wildman–Crippen MR) is 42.1 cm³/mol. The van der Waals surface area contributed by atoms with E-state index in [0.717, 1.165) is 5.56 Å². The molecular weight excluding hydrogens is 205 g/mol. The molecule has 0 aromatic carbocycles. The number of carbonyl (C=O) groups is 1. The third-order valence-corrected chi connectivity index (χ3v) is 1.35. The molecule has 0 atom stereocenters. The molecule has 1 aromatic heterocycles. The SMILES string of the molecule is Cc1cc(Cl)nc(C(=O)O)c1.[H-].[K+]. The summed E-state index contributed by atoms with van der Waals surface area (Å²) in [6, 6.07) is 3.07. The monoisotopic (exact) mass is 211 g/mol. The van der Waals surface area contributed by atoms with Crippen LogP contribution < -0.4 is 51.4 Å².